The van der Waals surface area contributed by atoms with Gasteiger partial charge < -0.3 is 18.9 Å². The number of ether oxygens (including phenoxy) is 4. The van der Waals surface area contributed by atoms with Gasteiger partial charge in [-0.25, -0.2) is 9.59 Å². The fraction of sp³-hybridized carbons (Fsp3) is 0.385. The molecule has 0 unspecified atom stereocenters. The molecule has 7 heteroatoms. The largest absolute Gasteiger partial charge is 0.481 e. The molecule has 0 fully saturated rings. The summed E-state index contributed by atoms with van der Waals surface area (Å²) < 4.78 is 20.4. The van der Waals surface area contributed by atoms with Gasteiger partial charge in [-0.05, 0) is 47.2 Å². The molecule has 0 bridgehead atoms. The van der Waals surface area contributed by atoms with Gasteiger partial charge in [-0.15, -0.1) is 0 Å². The van der Waals surface area contributed by atoms with Crippen LogP contribution in [0, 0.1) is 10.5 Å². The molecule has 1 aromatic carbocycles. The number of halogens is 1. The number of aryl methyl sites for hydroxylation is 1. The lowest BCUT2D eigenvalue weighted by molar-refractivity contribution is -0.143. The predicted octanol–water partition coefficient (Wildman–Crippen LogP) is 1.70. The lowest BCUT2D eigenvalue weighted by Gasteiger charge is -2.13. The number of hydrogen-bond donors (Lipinski definition) is 0. The molecule has 0 atom stereocenters. The number of carbonyl (C=O) groups excluding carboxylic acids is 2. The molecule has 20 heavy (non-hydrogen) atoms. The summed E-state index contributed by atoms with van der Waals surface area (Å²) in [5, 5.41) is 0. The number of rotatable bonds is 6. The zero-order valence-corrected chi connectivity index (χ0v) is 13.6. The van der Waals surface area contributed by atoms with E-state index in [9.17, 15) is 9.59 Å². The molecule has 0 aliphatic carbocycles. The Balaban J connectivity index is 2.83. The molecule has 110 valence electrons. The van der Waals surface area contributed by atoms with E-state index in [0.717, 1.165) is 5.56 Å². The van der Waals surface area contributed by atoms with Gasteiger partial charge in [0.1, 0.15) is 11.5 Å². The highest BCUT2D eigenvalue weighted by molar-refractivity contribution is 14.1. The van der Waals surface area contributed by atoms with Crippen LogP contribution in [0.2, 0.25) is 0 Å². The number of hydrogen-bond acceptors (Lipinski definition) is 6. The van der Waals surface area contributed by atoms with Crippen LogP contribution < -0.4 is 9.47 Å². The molecule has 0 saturated carbocycles. The molecule has 0 heterocycles. The maximum Gasteiger partial charge on any atom is 0.343 e. The van der Waals surface area contributed by atoms with Crippen LogP contribution in [0.25, 0.3) is 0 Å². The third-order valence-electron chi connectivity index (χ3n) is 2.30. The van der Waals surface area contributed by atoms with Crippen molar-refractivity contribution in [3.63, 3.8) is 0 Å². The van der Waals surface area contributed by atoms with Crippen molar-refractivity contribution in [1.82, 2.24) is 0 Å². The highest BCUT2D eigenvalue weighted by Gasteiger charge is 2.13. The van der Waals surface area contributed by atoms with E-state index in [4.69, 9.17) is 9.47 Å². The lowest BCUT2D eigenvalue weighted by Crippen LogP contribution is -2.15. The zero-order valence-electron chi connectivity index (χ0n) is 11.4. The summed E-state index contributed by atoms with van der Waals surface area (Å²) in [6.07, 6.45) is 0. The fourth-order valence-corrected chi connectivity index (χ4v) is 1.93. The Morgan fingerprint density at radius 2 is 1.40 bits per heavy atom. The molecule has 0 radical (unpaired) electrons. The molecular weight excluding hydrogens is 379 g/mol. The van der Waals surface area contributed by atoms with Crippen molar-refractivity contribution in [3.05, 3.63) is 21.3 Å². The average Bonchev–Trinajstić information content (AvgIpc) is 2.45. The van der Waals surface area contributed by atoms with Crippen molar-refractivity contribution in [2.24, 2.45) is 0 Å². The van der Waals surface area contributed by atoms with E-state index in [2.05, 4.69) is 9.47 Å². The minimum Gasteiger partial charge on any atom is -0.481 e. The summed E-state index contributed by atoms with van der Waals surface area (Å²) in [5.41, 5.74) is 0.880. The van der Waals surface area contributed by atoms with E-state index in [1.165, 1.54) is 14.2 Å². The Labute approximate surface area is 130 Å². The van der Waals surface area contributed by atoms with Crippen LogP contribution in [0.15, 0.2) is 12.1 Å². The maximum atomic E-state index is 11.1. The standard InChI is InChI=1S/C13H15IO6/c1-8-4-9(19-6-11(15)17-2)13(14)10(5-8)20-7-12(16)18-3/h4-5H,6-7H2,1-3H3. The quantitative estimate of drug-likeness (QED) is 0.541. The molecular formula is C13H15IO6. The van der Waals surface area contributed by atoms with Gasteiger partial charge in [-0.3, -0.25) is 0 Å². The molecule has 0 aliphatic rings. The van der Waals surface area contributed by atoms with E-state index < -0.39 is 11.9 Å². The second kappa shape index (κ2) is 7.93. The second-order valence-electron chi connectivity index (χ2n) is 3.80. The summed E-state index contributed by atoms with van der Waals surface area (Å²) in [7, 11) is 2.58. The molecule has 6 nitrogen and oxygen atoms in total. The SMILES string of the molecule is COC(=O)COc1cc(C)cc(OCC(=O)OC)c1I. The highest BCUT2D eigenvalue weighted by atomic mass is 127. The third kappa shape index (κ3) is 4.87. The van der Waals surface area contributed by atoms with Crippen LogP contribution in [-0.2, 0) is 19.1 Å². The van der Waals surface area contributed by atoms with Crippen molar-refractivity contribution >= 4 is 34.5 Å². The maximum absolute atomic E-state index is 11.1. The van der Waals surface area contributed by atoms with Crippen LogP contribution >= 0.6 is 22.6 Å². The van der Waals surface area contributed by atoms with Gasteiger partial charge in [0.25, 0.3) is 0 Å². The van der Waals surface area contributed by atoms with E-state index in [0.29, 0.717) is 15.1 Å². The molecule has 1 aromatic rings. The van der Waals surface area contributed by atoms with E-state index in [1.54, 1.807) is 12.1 Å². The summed E-state index contributed by atoms with van der Waals surface area (Å²) in [6, 6.07) is 3.55. The van der Waals surface area contributed by atoms with Crippen molar-refractivity contribution in [3.8, 4) is 11.5 Å². The molecule has 1 rings (SSSR count). The van der Waals surface area contributed by atoms with Gasteiger partial charge in [0.2, 0.25) is 0 Å². The second-order valence-corrected chi connectivity index (χ2v) is 4.88. The molecule has 0 spiro atoms. The van der Waals surface area contributed by atoms with E-state index in [-0.39, 0.29) is 13.2 Å². The monoisotopic (exact) mass is 394 g/mol. The summed E-state index contributed by atoms with van der Waals surface area (Å²) in [4.78, 5) is 22.2. The zero-order chi connectivity index (χ0) is 15.1. The van der Waals surface area contributed by atoms with Crippen LogP contribution in [0.5, 0.6) is 11.5 Å². The Morgan fingerprint density at radius 3 is 1.75 bits per heavy atom. The Kier molecular flexibility index (Phi) is 6.56. The predicted molar refractivity (Wildman–Crippen MR) is 78.9 cm³/mol. The Bertz CT molecular complexity index is 459. The van der Waals surface area contributed by atoms with Gasteiger partial charge in [0, 0.05) is 0 Å². The van der Waals surface area contributed by atoms with Gasteiger partial charge in [0.05, 0.1) is 17.8 Å². The van der Waals surface area contributed by atoms with Crippen LogP contribution in [0.3, 0.4) is 0 Å². The topological polar surface area (TPSA) is 71.1 Å². The first kappa shape index (κ1) is 16.5. The van der Waals surface area contributed by atoms with Crippen LogP contribution in [0.4, 0.5) is 0 Å². The Morgan fingerprint density at radius 1 is 1.00 bits per heavy atom. The number of carbonyl (C=O) groups is 2. The average molecular weight is 394 g/mol. The molecule has 0 aliphatic heterocycles. The van der Waals surface area contributed by atoms with Crippen molar-refractivity contribution in [1.29, 1.82) is 0 Å². The first-order chi connectivity index (χ1) is 9.47. The first-order valence-corrected chi connectivity index (χ1v) is 6.75. The highest BCUT2D eigenvalue weighted by Crippen LogP contribution is 2.32. The van der Waals surface area contributed by atoms with Crippen molar-refractivity contribution in [2.75, 3.05) is 27.4 Å². The van der Waals surface area contributed by atoms with Crippen LogP contribution in [0.1, 0.15) is 5.56 Å². The van der Waals surface area contributed by atoms with Gasteiger partial charge in [-0.2, -0.15) is 0 Å². The summed E-state index contributed by atoms with van der Waals surface area (Å²) in [6.45, 7) is 1.48. The van der Waals surface area contributed by atoms with Gasteiger partial charge >= 0.3 is 11.9 Å². The number of benzene rings is 1. The lowest BCUT2D eigenvalue weighted by atomic mass is 10.2. The summed E-state index contributed by atoms with van der Waals surface area (Å²) >= 11 is 2.02. The van der Waals surface area contributed by atoms with Crippen molar-refractivity contribution in [2.45, 2.75) is 6.92 Å². The number of methoxy groups -OCH3 is 2. The summed E-state index contributed by atoms with van der Waals surface area (Å²) in [5.74, 6) is 0.0467. The smallest absolute Gasteiger partial charge is 0.343 e. The first-order valence-electron chi connectivity index (χ1n) is 5.67. The molecule has 0 N–H and O–H groups in total. The van der Waals surface area contributed by atoms with Gasteiger partial charge in [0.15, 0.2) is 13.2 Å². The fourth-order valence-electron chi connectivity index (χ4n) is 1.30. The van der Waals surface area contributed by atoms with E-state index in [1.807, 2.05) is 29.5 Å². The van der Waals surface area contributed by atoms with Crippen LogP contribution in [-0.4, -0.2) is 39.4 Å². The minimum absolute atomic E-state index is 0.188. The van der Waals surface area contributed by atoms with Crippen molar-refractivity contribution < 1.29 is 28.5 Å². The Hall–Kier alpha value is -1.51. The third-order valence-corrected chi connectivity index (χ3v) is 3.36. The molecule has 0 amide bonds. The normalized spacial score (nSPS) is 9.80. The minimum atomic E-state index is -0.473. The molecule has 0 saturated heterocycles. The molecule has 0 aromatic heterocycles. The number of esters is 2. The van der Waals surface area contributed by atoms with E-state index >= 15 is 0 Å². The van der Waals surface area contributed by atoms with Gasteiger partial charge in [-0.1, -0.05) is 0 Å².